The van der Waals surface area contributed by atoms with Gasteiger partial charge in [0, 0.05) is 17.3 Å². The van der Waals surface area contributed by atoms with E-state index in [4.69, 9.17) is 20.2 Å². The summed E-state index contributed by atoms with van der Waals surface area (Å²) >= 11 is 0. The van der Waals surface area contributed by atoms with Crippen molar-refractivity contribution in [2.75, 3.05) is 20.0 Å². The average molecular weight is 272 g/mol. The van der Waals surface area contributed by atoms with Gasteiger partial charge in [-0.3, -0.25) is 0 Å². The van der Waals surface area contributed by atoms with Gasteiger partial charge in [-0.1, -0.05) is 12.8 Å². The van der Waals surface area contributed by atoms with Gasteiger partial charge < -0.3 is 15.2 Å². The molecule has 1 aromatic heterocycles. The Morgan fingerprint density at radius 2 is 1.75 bits per heavy atom. The van der Waals surface area contributed by atoms with E-state index in [2.05, 4.69) is 0 Å². The molecule has 106 valence electrons. The number of rotatable bonds is 3. The van der Waals surface area contributed by atoms with Crippen LogP contribution in [0.1, 0.15) is 37.3 Å². The van der Waals surface area contributed by atoms with Crippen molar-refractivity contribution in [1.82, 2.24) is 4.98 Å². The number of benzene rings is 1. The third-order valence-corrected chi connectivity index (χ3v) is 4.15. The highest BCUT2D eigenvalue weighted by Crippen LogP contribution is 2.40. The van der Waals surface area contributed by atoms with Crippen molar-refractivity contribution >= 4 is 16.6 Å². The lowest BCUT2D eigenvalue weighted by Gasteiger charge is -2.15. The maximum atomic E-state index is 6.25. The Morgan fingerprint density at radius 1 is 1.10 bits per heavy atom. The maximum Gasteiger partial charge on any atom is 0.145 e. The summed E-state index contributed by atoms with van der Waals surface area (Å²) in [7, 11) is 3.30. The van der Waals surface area contributed by atoms with Crippen molar-refractivity contribution in [1.29, 1.82) is 0 Å². The fourth-order valence-electron chi connectivity index (χ4n) is 3.10. The summed E-state index contributed by atoms with van der Waals surface area (Å²) in [5.74, 6) is 2.01. The first kappa shape index (κ1) is 13.0. The van der Waals surface area contributed by atoms with Crippen LogP contribution in [0.5, 0.6) is 11.5 Å². The van der Waals surface area contributed by atoms with Crippen LogP contribution in [-0.2, 0) is 0 Å². The van der Waals surface area contributed by atoms with Crippen LogP contribution >= 0.6 is 0 Å². The van der Waals surface area contributed by atoms with Crippen LogP contribution in [0.25, 0.3) is 10.9 Å². The van der Waals surface area contributed by atoms with Gasteiger partial charge in [-0.05, 0) is 31.0 Å². The Morgan fingerprint density at radius 3 is 2.40 bits per heavy atom. The van der Waals surface area contributed by atoms with Gasteiger partial charge in [0.05, 0.1) is 19.6 Å². The smallest absolute Gasteiger partial charge is 0.145 e. The molecule has 1 saturated carbocycles. The Balaban J connectivity index is 2.23. The van der Waals surface area contributed by atoms with Crippen LogP contribution in [0.2, 0.25) is 0 Å². The molecule has 0 radical (unpaired) electrons. The average Bonchev–Trinajstić information content (AvgIpc) is 3.00. The lowest BCUT2D eigenvalue weighted by molar-refractivity contribution is 0.409. The van der Waals surface area contributed by atoms with Crippen molar-refractivity contribution in [2.24, 2.45) is 0 Å². The first-order valence-corrected chi connectivity index (χ1v) is 7.05. The number of fused-ring (bicyclic) bond motifs is 1. The molecule has 1 heterocycles. The number of nitrogens with two attached hydrogens (primary N) is 1. The third-order valence-electron chi connectivity index (χ3n) is 4.15. The van der Waals surface area contributed by atoms with Crippen molar-refractivity contribution < 1.29 is 9.47 Å². The summed E-state index contributed by atoms with van der Waals surface area (Å²) in [4.78, 5) is 4.81. The van der Waals surface area contributed by atoms with E-state index < -0.39 is 0 Å². The van der Waals surface area contributed by atoms with E-state index in [1.54, 1.807) is 14.2 Å². The van der Waals surface area contributed by atoms with E-state index >= 15 is 0 Å². The molecular formula is C16H20N2O2. The van der Waals surface area contributed by atoms with E-state index in [1.165, 1.54) is 25.7 Å². The van der Waals surface area contributed by atoms with Crippen molar-refractivity contribution in [2.45, 2.75) is 31.6 Å². The highest BCUT2D eigenvalue weighted by atomic mass is 16.5. The van der Waals surface area contributed by atoms with E-state index in [1.807, 2.05) is 18.2 Å². The molecule has 4 heteroatoms. The summed E-state index contributed by atoms with van der Waals surface area (Å²) in [6.07, 6.45) is 4.95. The molecule has 0 saturated heterocycles. The first-order chi connectivity index (χ1) is 9.74. The highest BCUT2D eigenvalue weighted by Gasteiger charge is 2.21. The standard InChI is InChI=1S/C16H20N2O2/c1-19-13-7-8-14(20-2)16-15(13)11(17)9-12(18-16)10-5-3-4-6-10/h7-10H,3-6H2,1-2H3,(H2,17,18). The molecular weight excluding hydrogens is 252 g/mol. The monoisotopic (exact) mass is 272 g/mol. The molecule has 3 rings (SSSR count). The quantitative estimate of drug-likeness (QED) is 0.929. The molecule has 0 atom stereocenters. The minimum Gasteiger partial charge on any atom is -0.496 e. The van der Waals surface area contributed by atoms with Gasteiger partial charge in [0.15, 0.2) is 0 Å². The normalized spacial score (nSPS) is 15.7. The Labute approximate surface area is 118 Å². The van der Waals surface area contributed by atoms with Crippen molar-refractivity contribution in [3.63, 3.8) is 0 Å². The minimum atomic E-state index is 0.526. The molecule has 0 spiro atoms. The number of nitrogens with zero attached hydrogens (tertiary/aromatic N) is 1. The number of hydrogen-bond donors (Lipinski definition) is 1. The number of hydrogen-bond acceptors (Lipinski definition) is 4. The van der Waals surface area contributed by atoms with Gasteiger partial charge in [-0.15, -0.1) is 0 Å². The van der Waals surface area contributed by atoms with Crippen molar-refractivity contribution in [3.05, 3.63) is 23.9 Å². The summed E-state index contributed by atoms with van der Waals surface area (Å²) < 4.78 is 10.8. The van der Waals surface area contributed by atoms with Crippen LogP contribution in [0.3, 0.4) is 0 Å². The number of nitrogen functional groups attached to an aromatic ring is 1. The second-order valence-electron chi connectivity index (χ2n) is 5.31. The Kier molecular flexibility index (Phi) is 3.38. The zero-order valence-electron chi connectivity index (χ0n) is 12.0. The molecule has 0 aliphatic heterocycles. The first-order valence-electron chi connectivity index (χ1n) is 7.05. The predicted octanol–water partition coefficient (Wildman–Crippen LogP) is 3.49. The van der Waals surface area contributed by atoms with E-state index in [0.717, 1.165) is 28.1 Å². The fraction of sp³-hybridized carbons (Fsp3) is 0.438. The van der Waals surface area contributed by atoms with E-state index in [-0.39, 0.29) is 0 Å². The molecule has 4 nitrogen and oxygen atoms in total. The molecule has 0 bridgehead atoms. The largest absolute Gasteiger partial charge is 0.496 e. The number of anilines is 1. The maximum absolute atomic E-state index is 6.25. The molecule has 1 aliphatic rings. The highest BCUT2D eigenvalue weighted by molar-refractivity contribution is 5.99. The van der Waals surface area contributed by atoms with Gasteiger partial charge in [-0.25, -0.2) is 4.98 Å². The topological polar surface area (TPSA) is 57.4 Å². The molecule has 0 unspecified atom stereocenters. The van der Waals surface area contributed by atoms with Crippen LogP contribution in [-0.4, -0.2) is 19.2 Å². The van der Waals surface area contributed by atoms with Gasteiger partial charge in [0.25, 0.3) is 0 Å². The SMILES string of the molecule is COc1ccc(OC)c2c(N)cc(C3CCCC3)nc12. The minimum absolute atomic E-state index is 0.526. The summed E-state index contributed by atoms with van der Waals surface area (Å²) in [5, 5.41) is 0.841. The molecule has 1 aromatic carbocycles. The molecule has 20 heavy (non-hydrogen) atoms. The van der Waals surface area contributed by atoms with Crippen molar-refractivity contribution in [3.8, 4) is 11.5 Å². The van der Waals surface area contributed by atoms with Gasteiger partial charge in [0.2, 0.25) is 0 Å². The number of ether oxygens (including phenoxy) is 2. The van der Waals surface area contributed by atoms with Crippen LogP contribution < -0.4 is 15.2 Å². The second-order valence-corrected chi connectivity index (χ2v) is 5.31. The van der Waals surface area contributed by atoms with E-state index in [0.29, 0.717) is 11.6 Å². The van der Waals surface area contributed by atoms with Gasteiger partial charge in [0.1, 0.15) is 17.0 Å². The summed E-state index contributed by atoms with van der Waals surface area (Å²) in [6, 6.07) is 5.75. The number of aromatic nitrogens is 1. The van der Waals surface area contributed by atoms with Crippen LogP contribution in [0.15, 0.2) is 18.2 Å². The van der Waals surface area contributed by atoms with Crippen LogP contribution in [0.4, 0.5) is 5.69 Å². The number of methoxy groups -OCH3 is 2. The zero-order chi connectivity index (χ0) is 14.1. The Bertz CT molecular complexity index is 634. The summed E-state index contributed by atoms with van der Waals surface area (Å²) in [6.45, 7) is 0. The zero-order valence-corrected chi connectivity index (χ0v) is 12.0. The molecule has 2 aromatic rings. The van der Waals surface area contributed by atoms with Gasteiger partial charge in [-0.2, -0.15) is 0 Å². The third kappa shape index (κ3) is 2.05. The van der Waals surface area contributed by atoms with E-state index in [9.17, 15) is 0 Å². The molecule has 1 aliphatic carbocycles. The second kappa shape index (κ2) is 5.19. The molecule has 0 amide bonds. The lowest BCUT2D eigenvalue weighted by atomic mass is 10.0. The number of pyridine rings is 1. The Hall–Kier alpha value is -1.97. The fourth-order valence-corrected chi connectivity index (χ4v) is 3.10. The lowest BCUT2D eigenvalue weighted by Crippen LogP contribution is -2.02. The predicted molar refractivity (Wildman–Crippen MR) is 80.5 cm³/mol. The summed E-state index contributed by atoms with van der Waals surface area (Å²) in [5.41, 5.74) is 8.85. The molecule has 2 N–H and O–H groups in total. The molecule has 1 fully saturated rings. The van der Waals surface area contributed by atoms with Gasteiger partial charge >= 0.3 is 0 Å². The van der Waals surface area contributed by atoms with Crippen LogP contribution in [0, 0.1) is 0 Å².